The van der Waals surface area contributed by atoms with E-state index < -0.39 is 0 Å². The number of piperidine rings is 1. The van der Waals surface area contributed by atoms with Crippen LogP contribution in [0.5, 0.6) is 0 Å². The molecule has 0 unspecified atom stereocenters. The fourth-order valence-corrected chi connectivity index (χ4v) is 2.41. The van der Waals surface area contributed by atoms with Crippen LogP contribution in [0.2, 0.25) is 0 Å². The predicted octanol–water partition coefficient (Wildman–Crippen LogP) is 0.0437. The first-order valence-electron chi connectivity index (χ1n) is 6.77. The van der Waals surface area contributed by atoms with E-state index in [0.29, 0.717) is 17.3 Å². The van der Waals surface area contributed by atoms with Gasteiger partial charge < -0.3 is 16.4 Å². The van der Waals surface area contributed by atoms with E-state index in [1.54, 1.807) is 18.5 Å². The first-order valence-corrected chi connectivity index (χ1v) is 6.77. The smallest absolute Gasteiger partial charge is 0.252 e. The van der Waals surface area contributed by atoms with E-state index in [-0.39, 0.29) is 11.9 Å². The maximum atomic E-state index is 9.37. The molecule has 8 heteroatoms. The molecular formula is C13H16N8. The SMILES string of the molecule is N#Cc1c(N2CCC(N)CC2)nn(-c2ncccn2)c1N. The Kier molecular flexibility index (Phi) is 3.41. The zero-order valence-electron chi connectivity index (χ0n) is 11.5. The molecule has 0 saturated carbocycles. The van der Waals surface area contributed by atoms with E-state index in [0.717, 1.165) is 25.9 Å². The number of hydrogen-bond acceptors (Lipinski definition) is 7. The second-order valence-electron chi connectivity index (χ2n) is 4.98. The van der Waals surface area contributed by atoms with Crippen LogP contribution in [0.25, 0.3) is 5.95 Å². The van der Waals surface area contributed by atoms with Gasteiger partial charge >= 0.3 is 0 Å². The van der Waals surface area contributed by atoms with Crippen molar-refractivity contribution in [1.82, 2.24) is 19.7 Å². The summed E-state index contributed by atoms with van der Waals surface area (Å²) in [5, 5.41) is 13.8. The van der Waals surface area contributed by atoms with Gasteiger partial charge in [0.1, 0.15) is 11.6 Å². The van der Waals surface area contributed by atoms with Crippen molar-refractivity contribution < 1.29 is 0 Å². The van der Waals surface area contributed by atoms with Crippen molar-refractivity contribution in [2.24, 2.45) is 5.73 Å². The highest BCUT2D eigenvalue weighted by Crippen LogP contribution is 2.27. The number of rotatable bonds is 2. The second-order valence-corrected chi connectivity index (χ2v) is 4.98. The lowest BCUT2D eigenvalue weighted by molar-refractivity contribution is 0.497. The summed E-state index contributed by atoms with van der Waals surface area (Å²) in [4.78, 5) is 10.3. The van der Waals surface area contributed by atoms with Crippen LogP contribution in [0.15, 0.2) is 18.5 Å². The van der Waals surface area contributed by atoms with Crippen LogP contribution in [-0.2, 0) is 0 Å². The third-order valence-corrected chi connectivity index (χ3v) is 3.60. The van der Waals surface area contributed by atoms with E-state index in [9.17, 15) is 5.26 Å². The minimum atomic E-state index is 0.212. The molecule has 0 atom stereocenters. The molecule has 8 nitrogen and oxygen atoms in total. The quantitative estimate of drug-likeness (QED) is 0.798. The molecule has 0 bridgehead atoms. The van der Waals surface area contributed by atoms with Crippen LogP contribution in [0.1, 0.15) is 18.4 Å². The molecule has 3 rings (SSSR count). The van der Waals surface area contributed by atoms with Crippen LogP contribution < -0.4 is 16.4 Å². The van der Waals surface area contributed by atoms with Gasteiger partial charge in [0.05, 0.1) is 0 Å². The van der Waals surface area contributed by atoms with Crippen LogP contribution in [0.3, 0.4) is 0 Å². The standard InChI is InChI=1S/C13H16N8/c14-8-10-11(16)21(13-17-4-1-5-18-13)19-12(10)20-6-2-9(15)3-7-20/h1,4-5,9H,2-3,6-7,15-16H2. The fourth-order valence-electron chi connectivity index (χ4n) is 2.41. The van der Waals surface area contributed by atoms with Gasteiger partial charge in [-0.05, 0) is 18.9 Å². The van der Waals surface area contributed by atoms with E-state index >= 15 is 0 Å². The van der Waals surface area contributed by atoms with Gasteiger partial charge in [-0.3, -0.25) is 0 Å². The molecule has 4 N–H and O–H groups in total. The van der Waals surface area contributed by atoms with Gasteiger partial charge in [-0.1, -0.05) is 0 Å². The molecule has 1 saturated heterocycles. The van der Waals surface area contributed by atoms with Crippen molar-refractivity contribution in [2.45, 2.75) is 18.9 Å². The van der Waals surface area contributed by atoms with Gasteiger partial charge in [0.25, 0.3) is 5.95 Å². The Labute approximate surface area is 122 Å². The molecule has 1 aliphatic rings. The van der Waals surface area contributed by atoms with Crippen LogP contribution in [-0.4, -0.2) is 38.9 Å². The number of aromatic nitrogens is 4. The average Bonchev–Trinajstić information content (AvgIpc) is 2.85. The highest BCUT2D eigenvalue weighted by Gasteiger charge is 2.25. The van der Waals surface area contributed by atoms with Gasteiger partial charge in [-0.15, -0.1) is 5.10 Å². The molecule has 21 heavy (non-hydrogen) atoms. The van der Waals surface area contributed by atoms with Gasteiger partial charge in [-0.2, -0.15) is 9.94 Å². The predicted molar refractivity (Wildman–Crippen MR) is 77.7 cm³/mol. The molecule has 2 aromatic rings. The third kappa shape index (κ3) is 2.39. The lowest BCUT2D eigenvalue weighted by Gasteiger charge is -2.30. The van der Waals surface area contributed by atoms with Gasteiger partial charge in [-0.25, -0.2) is 9.97 Å². The Morgan fingerprint density at radius 1 is 1.24 bits per heavy atom. The van der Waals surface area contributed by atoms with Crippen molar-refractivity contribution in [3.05, 3.63) is 24.0 Å². The molecule has 108 valence electrons. The summed E-state index contributed by atoms with van der Waals surface area (Å²) in [7, 11) is 0. The van der Waals surface area contributed by atoms with E-state index in [2.05, 4.69) is 21.1 Å². The largest absolute Gasteiger partial charge is 0.382 e. The molecule has 0 amide bonds. The topological polar surface area (TPSA) is 123 Å². The van der Waals surface area contributed by atoms with Crippen molar-refractivity contribution in [3.8, 4) is 12.0 Å². The summed E-state index contributed by atoms with van der Waals surface area (Å²) >= 11 is 0. The first kappa shape index (κ1) is 13.3. The molecule has 0 radical (unpaired) electrons. The van der Waals surface area contributed by atoms with Gasteiger partial charge in [0, 0.05) is 31.5 Å². The zero-order valence-corrected chi connectivity index (χ0v) is 11.5. The summed E-state index contributed by atoms with van der Waals surface area (Å²) in [6.45, 7) is 1.53. The Balaban J connectivity index is 2.00. The monoisotopic (exact) mass is 284 g/mol. The summed E-state index contributed by atoms with van der Waals surface area (Å²) in [6.07, 6.45) is 4.96. The van der Waals surface area contributed by atoms with Crippen LogP contribution in [0.4, 0.5) is 11.6 Å². The minimum Gasteiger partial charge on any atom is -0.382 e. The molecule has 0 aromatic carbocycles. The van der Waals surface area contributed by atoms with E-state index in [1.165, 1.54) is 4.68 Å². The lowest BCUT2D eigenvalue weighted by Crippen LogP contribution is -2.40. The van der Waals surface area contributed by atoms with E-state index in [4.69, 9.17) is 11.5 Å². The zero-order chi connectivity index (χ0) is 14.8. The molecule has 3 heterocycles. The molecular weight excluding hydrogens is 268 g/mol. The number of hydrogen-bond donors (Lipinski definition) is 2. The van der Waals surface area contributed by atoms with Crippen molar-refractivity contribution in [2.75, 3.05) is 23.7 Å². The molecule has 2 aromatic heterocycles. The van der Waals surface area contributed by atoms with Gasteiger partial charge in [0.15, 0.2) is 11.6 Å². The van der Waals surface area contributed by atoms with Crippen molar-refractivity contribution >= 4 is 11.6 Å². The summed E-state index contributed by atoms with van der Waals surface area (Å²) in [6, 6.07) is 4.05. The first-order chi connectivity index (χ1) is 10.2. The van der Waals surface area contributed by atoms with Crippen LogP contribution in [0, 0.1) is 11.3 Å². The second kappa shape index (κ2) is 5.38. The number of anilines is 2. The maximum Gasteiger partial charge on any atom is 0.252 e. The summed E-state index contributed by atoms with van der Waals surface area (Å²) in [5.74, 6) is 1.19. The van der Waals surface area contributed by atoms with Crippen molar-refractivity contribution in [3.63, 3.8) is 0 Å². The van der Waals surface area contributed by atoms with Crippen LogP contribution >= 0.6 is 0 Å². The lowest BCUT2D eigenvalue weighted by atomic mass is 10.1. The maximum absolute atomic E-state index is 9.37. The Morgan fingerprint density at radius 2 is 1.90 bits per heavy atom. The number of nitrogens with two attached hydrogens (primary N) is 2. The molecule has 0 aliphatic carbocycles. The minimum absolute atomic E-state index is 0.212. The Hall–Kier alpha value is -2.66. The highest BCUT2D eigenvalue weighted by atomic mass is 15.4. The normalized spacial score (nSPS) is 15.9. The molecule has 1 fully saturated rings. The molecule has 0 spiro atoms. The van der Waals surface area contributed by atoms with Gasteiger partial charge in [0.2, 0.25) is 0 Å². The Bertz CT molecular complexity index is 663. The highest BCUT2D eigenvalue weighted by molar-refractivity contribution is 5.66. The summed E-state index contributed by atoms with van der Waals surface area (Å²) in [5.41, 5.74) is 12.3. The average molecular weight is 284 g/mol. The Morgan fingerprint density at radius 3 is 2.52 bits per heavy atom. The number of nitriles is 1. The van der Waals surface area contributed by atoms with E-state index in [1.807, 2.05) is 4.90 Å². The number of nitrogen functional groups attached to an aromatic ring is 1. The summed E-state index contributed by atoms with van der Waals surface area (Å²) < 4.78 is 1.41. The fraction of sp³-hybridized carbons (Fsp3) is 0.385. The third-order valence-electron chi connectivity index (χ3n) is 3.60. The van der Waals surface area contributed by atoms with Crippen molar-refractivity contribution in [1.29, 1.82) is 5.26 Å². The number of nitrogens with zero attached hydrogens (tertiary/aromatic N) is 6. The molecule has 1 aliphatic heterocycles.